The van der Waals surface area contributed by atoms with Crippen molar-refractivity contribution >= 4 is 15.9 Å². The topological polar surface area (TPSA) is 88.7 Å². The van der Waals surface area contributed by atoms with E-state index in [1.807, 2.05) is 49.7 Å². The van der Waals surface area contributed by atoms with E-state index in [-0.39, 0.29) is 22.3 Å². The zero-order valence-electron chi connectivity index (χ0n) is 19.8. The van der Waals surface area contributed by atoms with E-state index in [0.29, 0.717) is 19.6 Å². The highest BCUT2D eigenvalue weighted by Crippen LogP contribution is 2.28. The molecule has 1 amide bonds. The third kappa shape index (κ3) is 4.22. The maximum atomic E-state index is 13.1. The highest BCUT2D eigenvalue weighted by Gasteiger charge is 2.32. The van der Waals surface area contributed by atoms with Gasteiger partial charge >= 0.3 is 0 Å². The third-order valence-corrected chi connectivity index (χ3v) is 8.30. The highest BCUT2D eigenvalue weighted by atomic mass is 32.2. The van der Waals surface area contributed by atoms with Crippen LogP contribution in [0, 0.1) is 27.7 Å². The first kappa shape index (κ1) is 23.3. The SMILES string of the molecule is Cc1ccccc1-n1nc(C)c(CN(C)C(=O)c2cc(S(=O)(=O)N3CCCC3)c(C)o2)c1C. The number of para-hydroxylation sites is 1. The van der Waals surface area contributed by atoms with Gasteiger partial charge in [0.15, 0.2) is 5.76 Å². The third-order valence-electron chi connectivity index (χ3n) is 6.29. The van der Waals surface area contributed by atoms with Gasteiger partial charge in [0.2, 0.25) is 10.0 Å². The van der Waals surface area contributed by atoms with Crippen LogP contribution < -0.4 is 0 Å². The molecule has 176 valence electrons. The Bertz CT molecular complexity index is 1300. The number of rotatable bonds is 6. The van der Waals surface area contributed by atoms with Gasteiger partial charge in [-0.2, -0.15) is 9.40 Å². The van der Waals surface area contributed by atoms with Crippen LogP contribution in [-0.4, -0.2) is 53.4 Å². The minimum Gasteiger partial charge on any atom is -0.455 e. The average molecular weight is 471 g/mol. The standard InChI is InChI=1S/C24H30N4O4S/c1-16-10-6-7-11-21(16)28-18(3)20(17(2)25-28)15-26(5)24(29)22-14-23(19(4)32-22)33(30,31)27-12-8-9-13-27/h6-7,10-11,14H,8-9,12-13,15H2,1-5H3. The molecule has 1 aliphatic rings. The maximum absolute atomic E-state index is 13.1. The van der Waals surface area contributed by atoms with Crippen molar-refractivity contribution in [1.29, 1.82) is 0 Å². The van der Waals surface area contributed by atoms with Crippen LogP contribution in [0.25, 0.3) is 5.69 Å². The molecule has 3 aromatic rings. The lowest BCUT2D eigenvalue weighted by Gasteiger charge is -2.16. The smallest absolute Gasteiger partial charge is 0.289 e. The van der Waals surface area contributed by atoms with Crippen LogP contribution in [0.5, 0.6) is 0 Å². The lowest BCUT2D eigenvalue weighted by molar-refractivity contribution is 0.0751. The second-order valence-electron chi connectivity index (χ2n) is 8.65. The van der Waals surface area contributed by atoms with Crippen LogP contribution in [0.3, 0.4) is 0 Å². The summed E-state index contributed by atoms with van der Waals surface area (Å²) in [6.07, 6.45) is 1.69. The van der Waals surface area contributed by atoms with E-state index in [2.05, 4.69) is 0 Å². The number of amides is 1. The van der Waals surface area contributed by atoms with E-state index in [4.69, 9.17) is 9.52 Å². The van der Waals surface area contributed by atoms with Crippen molar-refractivity contribution in [3.8, 4) is 5.69 Å². The quantitative estimate of drug-likeness (QED) is 0.547. The Morgan fingerprint density at radius 2 is 1.79 bits per heavy atom. The second kappa shape index (κ2) is 8.79. The molecule has 33 heavy (non-hydrogen) atoms. The summed E-state index contributed by atoms with van der Waals surface area (Å²) in [5, 5.41) is 4.69. The summed E-state index contributed by atoms with van der Waals surface area (Å²) < 4.78 is 34.8. The summed E-state index contributed by atoms with van der Waals surface area (Å²) in [5.74, 6) is -0.115. The Labute approximate surface area is 194 Å². The normalized spacial score (nSPS) is 14.7. The molecule has 0 saturated carbocycles. The van der Waals surface area contributed by atoms with Crippen molar-refractivity contribution in [3.05, 3.63) is 64.4 Å². The Hall–Kier alpha value is -2.91. The number of benzene rings is 1. The zero-order valence-corrected chi connectivity index (χ0v) is 20.6. The first-order chi connectivity index (χ1) is 15.6. The van der Waals surface area contributed by atoms with Gasteiger partial charge < -0.3 is 9.32 Å². The number of hydrogen-bond acceptors (Lipinski definition) is 5. The molecule has 9 heteroatoms. The molecule has 0 atom stereocenters. The van der Waals surface area contributed by atoms with Crippen LogP contribution in [0.1, 0.15) is 51.7 Å². The highest BCUT2D eigenvalue weighted by molar-refractivity contribution is 7.89. The van der Waals surface area contributed by atoms with Crippen molar-refractivity contribution in [2.24, 2.45) is 0 Å². The molecule has 1 aliphatic heterocycles. The lowest BCUT2D eigenvalue weighted by Crippen LogP contribution is -2.28. The van der Waals surface area contributed by atoms with E-state index in [1.54, 1.807) is 14.0 Å². The first-order valence-corrected chi connectivity index (χ1v) is 12.5. The molecule has 0 aliphatic carbocycles. The Morgan fingerprint density at radius 1 is 1.12 bits per heavy atom. The van der Waals surface area contributed by atoms with E-state index >= 15 is 0 Å². The molecule has 1 aromatic carbocycles. The molecule has 2 aromatic heterocycles. The molecule has 1 fully saturated rings. The number of nitrogens with zero attached hydrogens (tertiary/aromatic N) is 4. The maximum Gasteiger partial charge on any atom is 0.289 e. The lowest BCUT2D eigenvalue weighted by atomic mass is 10.1. The molecular weight excluding hydrogens is 440 g/mol. The molecule has 0 bridgehead atoms. The largest absolute Gasteiger partial charge is 0.455 e. The van der Waals surface area contributed by atoms with E-state index < -0.39 is 10.0 Å². The van der Waals surface area contributed by atoms with E-state index in [9.17, 15) is 13.2 Å². The van der Waals surface area contributed by atoms with Gasteiger partial charge in [-0.05, 0) is 52.2 Å². The monoisotopic (exact) mass is 470 g/mol. The molecule has 1 saturated heterocycles. The number of aryl methyl sites for hydroxylation is 3. The van der Waals surface area contributed by atoms with Crippen molar-refractivity contribution in [1.82, 2.24) is 19.0 Å². The summed E-state index contributed by atoms with van der Waals surface area (Å²) >= 11 is 0. The Kier molecular flexibility index (Phi) is 6.20. The van der Waals surface area contributed by atoms with Gasteiger partial charge in [-0.3, -0.25) is 4.79 Å². The average Bonchev–Trinajstić information content (AvgIpc) is 3.50. The van der Waals surface area contributed by atoms with Crippen molar-refractivity contribution in [2.45, 2.75) is 52.0 Å². The fourth-order valence-electron chi connectivity index (χ4n) is 4.33. The fraction of sp³-hybridized carbons (Fsp3) is 0.417. The van der Waals surface area contributed by atoms with Gasteiger partial charge in [-0.1, -0.05) is 18.2 Å². The van der Waals surface area contributed by atoms with E-state index in [1.165, 1.54) is 15.3 Å². The number of carbonyl (C=O) groups excluding carboxylic acids is 1. The predicted octanol–water partition coefficient (Wildman–Crippen LogP) is 3.76. The molecule has 4 rings (SSSR count). The van der Waals surface area contributed by atoms with Crippen LogP contribution in [0.2, 0.25) is 0 Å². The van der Waals surface area contributed by atoms with Gasteiger partial charge in [0.05, 0.1) is 11.4 Å². The zero-order chi connectivity index (χ0) is 23.9. The van der Waals surface area contributed by atoms with Gasteiger partial charge in [-0.15, -0.1) is 0 Å². The summed E-state index contributed by atoms with van der Waals surface area (Å²) in [4.78, 5) is 14.7. The molecule has 8 nitrogen and oxygen atoms in total. The number of carbonyl (C=O) groups is 1. The van der Waals surface area contributed by atoms with Gasteiger partial charge in [0.25, 0.3) is 5.91 Å². The minimum absolute atomic E-state index is 0.0226. The number of aromatic nitrogens is 2. The van der Waals surface area contributed by atoms with Gasteiger partial charge in [0.1, 0.15) is 10.7 Å². The van der Waals surface area contributed by atoms with Gasteiger partial charge in [-0.25, -0.2) is 13.1 Å². The summed E-state index contributed by atoms with van der Waals surface area (Å²) in [6.45, 7) is 8.86. The van der Waals surface area contributed by atoms with Gasteiger partial charge in [0, 0.05) is 44.0 Å². The minimum atomic E-state index is -3.66. The number of sulfonamides is 1. The second-order valence-corrected chi connectivity index (χ2v) is 10.6. The predicted molar refractivity (Wildman–Crippen MR) is 125 cm³/mol. The molecular formula is C24H30N4O4S. The summed E-state index contributed by atoms with van der Waals surface area (Å²) in [7, 11) is -1.98. The number of furan rings is 1. The van der Waals surface area contributed by atoms with E-state index in [0.717, 1.165) is 41.0 Å². The number of hydrogen-bond donors (Lipinski definition) is 0. The Morgan fingerprint density at radius 3 is 2.45 bits per heavy atom. The van der Waals surface area contributed by atoms with Crippen LogP contribution in [0.4, 0.5) is 0 Å². The molecule has 0 N–H and O–H groups in total. The van der Waals surface area contributed by atoms with Crippen molar-refractivity contribution in [3.63, 3.8) is 0 Å². The molecule has 3 heterocycles. The van der Waals surface area contributed by atoms with Crippen LogP contribution in [0.15, 0.2) is 39.6 Å². The molecule has 0 radical (unpaired) electrons. The first-order valence-electron chi connectivity index (χ1n) is 11.1. The van der Waals surface area contributed by atoms with Crippen molar-refractivity contribution < 1.29 is 17.6 Å². The Balaban J connectivity index is 1.58. The van der Waals surface area contributed by atoms with Crippen LogP contribution in [-0.2, 0) is 16.6 Å². The summed E-state index contributed by atoms with van der Waals surface area (Å²) in [5.41, 5.74) is 4.84. The molecule has 0 spiro atoms. The molecule has 0 unspecified atom stereocenters. The van der Waals surface area contributed by atoms with Crippen LogP contribution >= 0.6 is 0 Å². The van der Waals surface area contributed by atoms with Crippen molar-refractivity contribution in [2.75, 3.05) is 20.1 Å². The summed E-state index contributed by atoms with van der Waals surface area (Å²) in [6, 6.07) is 9.37. The fourth-order valence-corrected chi connectivity index (χ4v) is 6.01.